The van der Waals surface area contributed by atoms with Crippen molar-refractivity contribution in [2.24, 2.45) is 0 Å². The Balaban J connectivity index is 0.000000320. The summed E-state index contributed by atoms with van der Waals surface area (Å²) in [5.74, 6) is -1.23. The fourth-order valence-corrected chi connectivity index (χ4v) is 3.33. The van der Waals surface area contributed by atoms with Crippen LogP contribution in [-0.2, 0) is 18.9 Å². The maximum Gasteiger partial charge on any atom is 0.338 e. The van der Waals surface area contributed by atoms with Gasteiger partial charge in [0.2, 0.25) is 0 Å². The predicted octanol–water partition coefficient (Wildman–Crippen LogP) is 5.78. The molecule has 0 aliphatic carbocycles. The number of nitrogen functional groups attached to an aromatic ring is 4. The zero-order valence-corrected chi connectivity index (χ0v) is 27.6. The Kier molecular flexibility index (Phi) is 18.7. The Labute approximate surface area is 280 Å². The van der Waals surface area contributed by atoms with Gasteiger partial charge in [0.05, 0.1) is 48.7 Å². The van der Waals surface area contributed by atoms with E-state index >= 15 is 0 Å². The van der Waals surface area contributed by atoms with E-state index in [0.29, 0.717) is 71.4 Å². The minimum Gasteiger partial charge on any atom is -0.462 e. The first-order valence-corrected chi connectivity index (χ1v) is 15.1. The maximum atomic E-state index is 11.1. The molecule has 0 aromatic heterocycles. The molecule has 12 nitrogen and oxygen atoms in total. The zero-order valence-electron chi connectivity index (χ0n) is 27.6. The quantitative estimate of drug-likeness (QED) is 0.101. The number of benzene rings is 4. The molecular formula is C36H44N4O8. The molecule has 0 unspecified atom stereocenters. The molecular weight excluding hydrogens is 616 g/mol. The standard InChI is InChI=1S/4C9H11NO2/c4*1-2-12-9(11)7-3-5-8(10)6-4-7/h4*3-6H,2,10H2,1H3. The van der Waals surface area contributed by atoms with Crippen molar-refractivity contribution in [3.8, 4) is 0 Å². The molecule has 0 heterocycles. The summed E-state index contributed by atoms with van der Waals surface area (Å²) in [4.78, 5) is 44.4. The molecule has 0 saturated carbocycles. The molecule has 0 bridgehead atoms. The number of ether oxygens (including phenoxy) is 4. The molecule has 0 radical (unpaired) electrons. The third-order valence-electron chi connectivity index (χ3n) is 5.69. The molecule has 12 heteroatoms. The van der Waals surface area contributed by atoms with Gasteiger partial charge in [0.25, 0.3) is 0 Å². The largest absolute Gasteiger partial charge is 0.462 e. The van der Waals surface area contributed by atoms with Gasteiger partial charge in [0, 0.05) is 22.7 Å². The topological polar surface area (TPSA) is 209 Å². The molecule has 0 atom stereocenters. The fourth-order valence-electron chi connectivity index (χ4n) is 3.33. The van der Waals surface area contributed by atoms with Crippen LogP contribution < -0.4 is 22.9 Å². The van der Waals surface area contributed by atoms with E-state index in [1.54, 1.807) is 125 Å². The van der Waals surface area contributed by atoms with Crippen LogP contribution in [0.4, 0.5) is 22.7 Å². The number of hydrogen-bond donors (Lipinski definition) is 4. The lowest BCUT2D eigenvalue weighted by Gasteiger charge is -2.00. The van der Waals surface area contributed by atoms with E-state index in [1.807, 2.05) is 0 Å². The van der Waals surface area contributed by atoms with Crippen LogP contribution in [-0.4, -0.2) is 50.3 Å². The van der Waals surface area contributed by atoms with E-state index in [9.17, 15) is 19.2 Å². The van der Waals surface area contributed by atoms with Crippen LogP contribution in [0.25, 0.3) is 0 Å². The van der Waals surface area contributed by atoms with Crippen molar-refractivity contribution in [2.45, 2.75) is 27.7 Å². The van der Waals surface area contributed by atoms with Crippen molar-refractivity contribution in [3.05, 3.63) is 119 Å². The summed E-state index contributed by atoms with van der Waals surface area (Å²) in [6, 6.07) is 26.6. The summed E-state index contributed by atoms with van der Waals surface area (Å²) >= 11 is 0. The second-order valence-electron chi connectivity index (χ2n) is 9.37. The van der Waals surface area contributed by atoms with Gasteiger partial charge < -0.3 is 41.9 Å². The highest BCUT2D eigenvalue weighted by atomic mass is 16.5. The molecule has 4 aromatic rings. The van der Waals surface area contributed by atoms with Gasteiger partial charge in [-0.15, -0.1) is 0 Å². The zero-order chi connectivity index (χ0) is 35.9. The molecule has 4 rings (SSSR count). The van der Waals surface area contributed by atoms with Gasteiger partial charge in [-0.2, -0.15) is 0 Å². The summed E-state index contributed by atoms with van der Waals surface area (Å²) in [6.07, 6.45) is 0. The summed E-state index contributed by atoms with van der Waals surface area (Å²) in [6.45, 7) is 8.66. The molecule has 256 valence electrons. The Hall–Kier alpha value is -6.04. The minimum atomic E-state index is -0.308. The van der Waals surface area contributed by atoms with Gasteiger partial charge >= 0.3 is 23.9 Å². The highest BCUT2D eigenvalue weighted by Gasteiger charge is 2.06. The molecule has 0 aliphatic heterocycles. The first-order chi connectivity index (χ1) is 22.9. The van der Waals surface area contributed by atoms with E-state index in [4.69, 9.17) is 41.9 Å². The van der Waals surface area contributed by atoms with Crippen LogP contribution >= 0.6 is 0 Å². The number of esters is 4. The highest BCUT2D eigenvalue weighted by molar-refractivity contribution is 5.91. The van der Waals surface area contributed by atoms with E-state index in [0.717, 1.165) is 0 Å². The van der Waals surface area contributed by atoms with Crippen LogP contribution in [0.1, 0.15) is 69.1 Å². The van der Waals surface area contributed by atoms with E-state index < -0.39 is 0 Å². The lowest BCUT2D eigenvalue weighted by atomic mass is 10.2. The number of rotatable bonds is 8. The van der Waals surface area contributed by atoms with Gasteiger partial charge in [-0.3, -0.25) is 0 Å². The van der Waals surface area contributed by atoms with Gasteiger partial charge in [-0.25, -0.2) is 19.2 Å². The third kappa shape index (κ3) is 15.8. The van der Waals surface area contributed by atoms with E-state index in [2.05, 4.69) is 0 Å². The minimum absolute atomic E-state index is 0.308. The number of anilines is 4. The molecule has 0 spiro atoms. The first kappa shape index (κ1) is 40.0. The first-order valence-electron chi connectivity index (χ1n) is 15.1. The fraction of sp³-hybridized carbons (Fsp3) is 0.222. The van der Waals surface area contributed by atoms with Crippen molar-refractivity contribution in [1.29, 1.82) is 0 Å². The smallest absolute Gasteiger partial charge is 0.338 e. The lowest BCUT2D eigenvalue weighted by Crippen LogP contribution is -2.04. The Morgan fingerprint density at radius 3 is 0.625 bits per heavy atom. The Bertz CT molecular complexity index is 1300. The molecule has 0 saturated heterocycles. The van der Waals surface area contributed by atoms with Crippen molar-refractivity contribution < 1.29 is 38.1 Å². The SMILES string of the molecule is CCOC(=O)c1ccc(N)cc1.CCOC(=O)c1ccc(N)cc1.CCOC(=O)c1ccc(N)cc1.CCOC(=O)c1ccc(N)cc1. The van der Waals surface area contributed by atoms with Gasteiger partial charge in [-0.1, -0.05) is 0 Å². The monoisotopic (exact) mass is 660 g/mol. The molecule has 0 amide bonds. The third-order valence-corrected chi connectivity index (χ3v) is 5.69. The summed E-state index contributed by atoms with van der Waals surface area (Å²) in [5, 5.41) is 0. The second-order valence-corrected chi connectivity index (χ2v) is 9.37. The van der Waals surface area contributed by atoms with Crippen molar-refractivity contribution in [3.63, 3.8) is 0 Å². The van der Waals surface area contributed by atoms with E-state index in [-0.39, 0.29) is 23.9 Å². The van der Waals surface area contributed by atoms with Crippen LogP contribution in [0, 0.1) is 0 Å². The summed E-state index contributed by atoms with van der Waals surface area (Å²) in [5.41, 5.74) is 26.5. The van der Waals surface area contributed by atoms with E-state index in [1.165, 1.54) is 0 Å². The second kappa shape index (κ2) is 22.5. The summed E-state index contributed by atoms with van der Waals surface area (Å²) in [7, 11) is 0. The highest BCUT2D eigenvalue weighted by Crippen LogP contribution is 2.09. The van der Waals surface area contributed by atoms with Crippen molar-refractivity contribution >= 4 is 46.6 Å². The average Bonchev–Trinajstić information content (AvgIpc) is 3.07. The molecule has 0 fully saturated rings. The van der Waals surface area contributed by atoms with Gasteiger partial charge in [0.1, 0.15) is 0 Å². The molecule has 0 aliphatic rings. The normalized spacial score (nSPS) is 9.42. The number of nitrogens with two attached hydrogens (primary N) is 4. The number of carbonyl (C=O) groups is 4. The Morgan fingerprint density at radius 1 is 0.354 bits per heavy atom. The summed E-state index contributed by atoms with van der Waals surface area (Å²) < 4.78 is 19.2. The number of hydrogen-bond acceptors (Lipinski definition) is 12. The van der Waals surface area contributed by atoms with Crippen LogP contribution in [0.5, 0.6) is 0 Å². The van der Waals surface area contributed by atoms with Crippen LogP contribution in [0.15, 0.2) is 97.1 Å². The van der Waals surface area contributed by atoms with Crippen LogP contribution in [0.2, 0.25) is 0 Å². The Morgan fingerprint density at radius 2 is 0.500 bits per heavy atom. The van der Waals surface area contributed by atoms with Gasteiger partial charge in [-0.05, 0) is 125 Å². The van der Waals surface area contributed by atoms with Crippen LogP contribution in [0.3, 0.4) is 0 Å². The van der Waals surface area contributed by atoms with Gasteiger partial charge in [0.15, 0.2) is 0 Å². The lowest BCUT2D eigenvalue weighted by molar-refractivity contribution is 0.0517. The average molecular weight is 661 g/mol. The molecule has 8 N–H and O–H groups in total. The van der Waals surface area contributed by atoms with Crippen molar-refractivity contribution in [2.75, 3.05) is 49.4 Å². The number of carbonyl (C=O) groups excluding carboxylic acids is 4. The molecule has 48 heavy (non-hydrogen) atoms. The van der Waals surface area contributed by atoms with Crippen molar-refractivity contribution in [1.82, 2.24) is 0 Å². The predicted molar refractivity (Wildman–Crippen MR) is 187 cm³/mol. The molecule has 4 aromatic carbocycles. The maximum absolute atomic E-state index is 11.1.